The molecule has 148 valence electrons. The van der Waals surface area contributed by atoms with Gasteiger partial charge < -0.3 is 19.7 Å². The Kier molecular flexibility index (Phi) is 6.67. The molecule has 28 heavy (non-hydrogen) atoms. The molecule has 1 N–H and O–H groups in total. The lowest BCUT2D eigenvalue weighted by Crippen LogP contribution is -2.41. The van der Waals surface area contributed by atoms with Crippen LogP contribution in [-0.2, 0) is 6.42 Å². The Bertz CT molecular complexity index is 906. The number of methoxy groups -OCH3 is 1. The monoisotopic (exact) mass is 382 g/mol. The summed E-state index contributed by atoms with van der Waals surface area (Å²) in [7, 11) is 5.41. The summed E-state index contributed by atoms with van der Waals surface area (Å²) in [5, 5.41) is 11.8. The van der Waals surface area contributed by atoms with Crippen molar-refractivity contribution in [3.8, 4) is 11.5 Å². The van der Waals surface area contributed by atoms with Gasteiger partial charge in [-0.1, -0.05) is 6.07 Å². The van der Waals surface area contributed by atoms with Gasteiger partial charge in [-0.15, -0.1) is 10.2 Å². The highest BCUT2D eigenvalue weighted by molar-refractivity contribution is 5.79. The van der Waals surface area contributed by atoms with Crippen molar-refractivity contribution in [3.63, 3.8) is 0 Å². The Morgan fingerprint density at radius 2 is 1.93 bits per heavy atom. The normalized spacial score (nSPS) is 11.5. The highest BCUT2D eigenvalue weighted by atomic mass is 16.5. The van der Waals surface area contributed by atoms with Gasteiger partial charge in [-0.25, -0.2) is 0 Å². The Morgan fingerprint density at radius 3 is 2.68 bits per heavy atom. The first-order valence-electron chi connectivity index (χ1n) is 9.18. The van der Waals surface area contributed by atoms with Crippen LogP contribution in [0.1, 0.15) is 5.82 Å². The number of nitrogens with one attached hydrogen (secondary N) is 1. The van der Waals surface area contributed by atoms with Gasteiger partial charge in [-0.3, -0.25) is 9.39 Å². The minimum atomic E-state index is 0.554. The summed E-state index contributed by atoms with van der Waals surface area (Å²) < 4.78 is 12.9. The quantitative estimate of drug-likeness (QED) is 0.473. The molecule has 0 bridgehead atoms. The summed E-state index contributed by atoms with van der Waals surface area (Å²) in [5.74, 6) is 3.36. The Hall–Kier alpha value is -3.29. The van der Waals surface area contributed by atoms with Gasteiger partial charge in [-0.05, 0) is 36.4 Å². The third-order valence-electron chi connectivity index (χ3n) is 4.34. The zero-order valence-corrected chi connectivity index (χ0v) is 16.5. The molecular weight excluding hydrogens is 356 g/mol. The van der Waals surface area contributed by atoms with E-state index < -0.39 is 0 Å². The lowest BCUT2D eigenvalue weighted by Gasteiger charge is -2.22. The van der Waals surface area contributed by atoms with E-state index in [9.17, 15) is 0 Å². The molecule has 0 unspecified atom stereocenters. The molecule has 0 saturated heterocycles. The lowest BCUT2D eigenvalue weighted by molar-refractivity contribution is 0.281. The van der Waals surface area contributed by atoms with Gasteiger partial charge in [0.05, 0.1) is 13.7 Å². The molecule has 0 aliphatic carbocycles. The molecule has 0 saturated carbocycles. The number of rotatable bonds is 8. The number of ether oxygens (including phenoxy) is 2. The maximum Gasteiger partial charge on any atom is 0.193 e. The van der Waals surface area contributed by atoms with Gasteiger partial charge in [-0.2, -0.15) is 0 Å². The first kappa shape index (κ1) is 19.5. The first-order chi connectivity index (χ1) is 13.7. The number of likely N-dealkylation sites (N-methyl/N-ethyl adjacent to an activating group) is 1. The van der Waals surface area contributed by atoms with Crippen LogP contribution >= 0.6 is 0 Å². The zero-order chi connectivity index (χ0) is 19.8. The van der Waals surface area contributed by atoms with Crippen LogP contribution in [0.3, 0.4) is 0 Å². The molecule has 2 heterocycles. The minimum Gasteiger partial charge on any atom is -0.497 e. The SMILES string of the molecule is CN=C(NCCc1nnc2ccccn12)N(C)CCOc1ccc(OC)cc1. The van der Waals surface area contributed by atoms with E-state index in [1.807, 2.05) is 65.0 Å². The zero-order valence-electron chi connectivity index (χ0n) is 16.5. The predicted octanol–water partition coefficient (Wildman–Crippen LogP) is 1.87. The number of hydrogen-bond acceptors (Lipinski definition) is 5. The molecule has 0 fully saturated rings. The van der Waals surface area contributed by atoms with Crippen molar-refractivity contribution in [1.82, 2.24) is 24.8 Å². The highest BCUT2D eigenvalue weighted by Crippen LogP contribution is 2.16. The fourth-order valence-electron chi connectivity index (χ4n) is 2.81. The number of nitrogens with zero attached hydrogens (tertiary/aromatic N) is 5. The molecule has 0 amide bonds. The number of guanidine groups is 1. The van der Waals surface area contributed by atoms with Crippen LogP contribution in [0.5, 0.6) is 11.5 Å². The number of aromatic nitrogens is 3. The van der Waals surface area contributed by atoms with E-state index in [0.29, 0.717) is 19.7 Å². The van der Waals surface area contributed by atoms with E-state index in [1.54, 1.807) is 14.2 Å². The van der Waals surface area contributed by atoms with Gasteiger partial charge in [0.15, 0.2) is 11.6 Å². The predicted molar refractivity (Wildman–Crippen MR) is 109 cm³/mol. The standard InChI is InChI=1S/C20H26N6O2/c1-21-20(22-12-11-19-24-23-18-6-4-5-13-26(18)19)25(2)14-15-28-17-9-7-16(27-3)8-10-17/h4-10,13H,11-12,14-15H2,1-3H3,(H,21,22). The molecule has 1 aromatic carbocycles. The molecule has 8 heteroatoms. The summed E-state index contributed by atoms with van der Waals surface area (Å²) in [6, 6.07) is 13.4. The molecule has 2 aromatic heterocycles. The van der Waals surface area contributed by atoms with E-state index in [2.05, 4.69) is 20.5 Å². The summed E-state index contributed by atoms with van der Waals surface area (Å²) in [6.07, 6.45) is 2.72. The van der Waals surface area contributed by atoms with Crippen molar-refractivity contribution < 1.29 is 9.47 Å². The van der Waals surface area contributed by atoms with Gasteiger partial charge in [0, 0.05) is 33.3 Å². The van der Waals surface area contributed by atoms with Crippen LogP contribution in [0.4, 0.5) is 0 Å². The van der Waals surface area contributed by atoms with Crippen LogP contribution < -0.4 is 14.8 Å². The van der Waals surface area contributed by atoms with E-state index in [1.165, 1.54) is 0 Å². The summed E-state index contributed by atoms with van der Waals surface area (Å²) in [4.78, 5) is 6.37. The highest BCUT2D eigenvalue weighted by Gasteiger charge is 2.08. The molecule has 3 rings (SSSR count). The van der Waals surface area contributed by atoms with Crippen LogP contribution in [0.15, 0.2) is 53.7 Å². The maximum absolute atomic E-state index is 5.78. The second-order valence-electron chi connectivity index (χ2n) is 6.21. The van der Waals surface area contributed by atoms with E-state index in [0.717, 1.165) is 35.4 Å². The maximum atomic E-state index is 5.78. The van der Waals surface area contributed by atoms with E-state index in [-0.39, 0.29) is 0 Å². The van der Waals surface area contributed by atoms with E-state index in [4.69, 9.17) is 9.47 Å². The molecule has 0 aliphatic rings. The van der Waals surface area contributed by atoms with Crippen molar-refractivity contribution >= 4 is 11.6 Å². The Labute approximate surface area is 164 Å². The summed E-state index contributed by atoms with van der Waals surface area (Å²) in [6.45, 7) is 1.98. The molecular formula is C20H26N6O2. The second kappa shape index (κ2) is 9.59. The third kappa shape index (κ3) is 4.91. The first-order valence-corrected chi connectivity index (χ1v) is 9.18. The van der Waals surface area contributed by atoms with Gasteiger partial charge in [0.25, 0.3) is 0 Å². The number of fused-ring (bicyclic) bond motifs is 1. The van der Waals surface area contributed by atoms with Gasteiger partial charge in [0.1, 0.15) is 23.9 Å². The molecule has 0 radical (unpaired) electrons. The average molecular weight is 382 g/mol. The van der Waals surface area contributed by atoms with Crippen molar-refractivity contribution in [2.75, 3.05) is 40.9 Å². The van der Waals surface area contributed by atoms with Crippen LogP contribution in [0.2, 0.25) is 0 Å². The molecule has 0 spiro atoms. The van der Waals surface area contributed by atoms with Gasteiger partial charge in [0.2, 0.25) is 0 Å². The van der Waals surface area contributed by atoms with Crippen LogP contribution in [0, 0.1) is 0 Å². The average Bonchev–Trinajstić information content (AvgIpc) is 3.15. The number of benzene rings is 1. The molecule has 0 aliphatic heterocycles. The Morgan fingerprint density at radius 1 is 1.14 bits per heavy atom. The second-order valence-corrected chi connectivity index (χ2v) is 6.21. The lowest BCUT2D eigenvalue weighted by atomic mass is 10.3. The number of aliphatic imine (C=N–C) groups is 1. The Balaban J connectivity index is 1.43. The van der Waals surface area contributed by atoms with Crippen molar-refractivity contribution in [2.24, 2.45) is 4.99 Å². The fourth-order valence-corrected chi connectivity index (χ4v) is 2.81. The smallest absolute Gasteiger partial charge is 0.193 e. The minimum absolute atomic E-state index is 0.554. The van der Waals surface area contributed by atoms with E-state index >= 15 is 0 Å². The number of pyridine rings is 1. The summed E-state index contributed by atoms with van der Waals surface area (Å²) >= 11 is 0. The van der Waals surface area contributed by atoms with Crippen molar-refractivity contribution in [2.45, 2.75) is 6.42 Å². The third-order valence-corrected chi connectivity index (χ3v) is 4.34. The van der Waals surface area contributed by atoms with Crippen LogP contribution in [0.25, 0.3) is 5.65 Å². The summed E-state index contributed by atoms with van der Waals surface area (Å²) in [5.41, 5.74) is 0.856. The van der Waals surface area contributed by atoms with Crippen molar-refractivity contribution in [1.29, 1.82) is 0 Å². The van der Waals surface area contributed by atoms with Gasteiger partial charge >= 0.3 is 0 Å². The largest absolute Gasteiger partial charge is 0.497 e. The van der Waals surface area contributed by atoms with Crippen LogP contribution in [-0.4, -0.2) is 66.4 Å². The molecule has 3 aromatic rings. The molecule has 8 nitrogen and oxygen atoms in total. The fraction of sp³-hybridized carbons (Fsp3) is 0.350. The molecule has 0 atom stereocenters. The number of hydrogen-bond donors (Lipinski definition) is 1. The van der Waals surface area contributed by atoms with Crippen molar-refractivity contribution in [3.05, 3.63) is 54.5 Å². The topological polar surface area (TPSA) is 76.3 Å².